The predicted molar refractivity (Wildman–Crippen MR) is 44.0 cm³/mol. The zero-order valence-electron chi connectivity index (χ0n) is 6.87. The molecule has 0 atom stereocenters. The van der Waals surface area contributed by atoms with Crippen LogP contribution in [-0.4, -0.2) is 13.1 Å². The Bertz CT molecular complexity index is 382. The Morgan fingerprint density at radius 2 is 2.23 bits per heavy atom. The van der Waals surface area contributed by atoms with Gasteiger partial charge in [0.2, 0.25) is 0 Å². The van der Waals surface area contributed by atoms with Crippen molar-refractivity contribution in [3.05, 3.63) is 41.0 Å². The van der Waals surface area contributed by atoms with E-state index in [1.165, 1.54) is 13.2 Å². The van der Waals surface area contributed by atoms with Crippen LogP contribution in [0, 0.1) is 12.4 Å². The van der Waals surface area contributed by atoms with Crippen LogP contribution < -0.4 is 0 Å². The lowest BCUT2D eigenvalue weighted by molar-refractivity contribution is 0.0600. The van der Waals surface area contributed by atoms with Crippen LogP contribution in [0.3, 0.4) is 0 Å². The molecule has 0 saturated carbocycles. The molecule has 13 heavy (non-hydrogen) atoms. The number of ether oxygens (including phenoxy) is 1. The Morgan fingerprint density at radius 1 is 1.54 bits per heavy atom. The van der Waals surface area contributed by atoms with E-state index in [1.54, 1.807) is 0 Å². The van der Waals surface area contributed by atoms with Gasteiger partial charge >= 0.3 is 5.97 Å². The number of halogens is 1. The van der Waals surface area contributed by atoms with Crippen LogP contribution in [0.4, 0.5) is 10.1 Å². The Labute approximate surface area is 74.6 Å². The third kappa shape index (κ3) is 2.03. The van der Waals surface area contributed by atoms with E-state index in [1.807, 2.05) is 0 Å². The van der Waals surface area contributed by atoms with Crippen LogP contribution in [0.1, 0.15) is 10.4 Å². The molecule has 4 heteroatoms. The normalized spacial score (nSPS) is 9.00. The van der Waals surface area contributed by atoms with Gasteiger partial charge in [0.05, 0.1) is 19.2 Å². The van der Waals surface area contributed by atoms with Gasteiger partial charge in [-0.25, -0.2) is 14.0 Å². The van der Waals surface area contributed by atoms with Gasteiger partial charge in [-0.15, -0.1) is 0 Å². The summed E-state index contributed by atoms with van der Waals surface area (Å²) in [4.78, 5) is 14.0. The first kappa shape index (κ1) is 9.20. The average molecular weight is 179 g/mol. The fourth-order valence-electron chi connectivity index (χ4n) is 0.874. The molecule has 0 heterocycles. The summed E-state index contributed by atoms with van der Waals surface area (Å²) in [6.45, 7) is 6.64. The van der Waals surface area contributed by atoms with Crippen molar-refractivity contribution in [2.75, 3.05) is 7.11 Å². The van der Waals surface area contributed by atoms with Crippen LogP contribution in [0.15, 0.2) is 18.2 Å². The number of nitrogens with zero attached hydrogens (tertiary/aromatic N) is 1. The Hall–Kier alpha value is -1.89. The Balaban J connectivity index is 3.17. The molecule has 66 valence electrons. The molecule has 3 nitrogen and oxygen atoms in total. The molecular formula is C9H6FNO2. The van der Waals surface area contributed by atoms with E-state index < -0.39 is 11.8 Å². The molecule has 1 aromatic carbocycles. The van der Waals surface area contributed by atoms with Crippen molar-refractivity contribution in [1.29, 1.82) is 0 Å². The maximum Gasteiger partial charge on any atom is 0.336 e. The second-order valence-corrected chi connectivity index (χ2v) is 2.30. The highest BCUT2D eigenvalue weighted by molar-refractivity contribution is 5.90. The van der Waals surface area contributed by atoms with Gasteiger partial charge in [0, 0.05) is 0 Å². The van der Waals surface area contributed by atoms with Gasteiger partial charge in [-0.2, -0.15) is 0 Å². The first-order valence-corrected chi connectivity index (χ1v) is 3.43. The number of carbonyl (C=O) groups is 1. The molecular weight excluding hydrogens is 173 g/mol. The minimum absolute atomic E-state index is 0.0495. The standard InChI is InChI=1S/C9H6FNO2/c1-11-8-4-6(9(12)13-2)3-7(10)5-8/h3-5H,2H3. The fraction of sp³-hybridized carbons (Fsp3) is 0.111. The lowest BCUT2D eigenvalue weighted by Crippen LogP contribution is -2.00. The SMILES string of the molecule is [C-]#[N+]c1cc(F)cc(C(=O)OC)c1. The first-order valence-electron chi connectivity index (χ1n) is 3.43. The second-order valence-electron chi connectivity index (χ2n) is 2.30. The maximum absolute atomic E-state index is 12.8. The van der Waals surface area contributed by atoms with Gasteiger partial charge in [0.25, 0.3) is 0 Å². The van der Waals surface area contributed by atoms with Crippen LogP contribution in [0.2, 0.25) is 0 Å². The molecule has 0 aliphatic heterocycles. The molecule has 0 radical (unpaired) electrons. The topological polar surface area (TPSA) is 30.7 Å². The highest BCUT2D eigenvalue weighted by Gasteiger charge is 2.07. The summed E-state index contributed by atoms with van der Waals surface area (Å²) in [7, 11) is 1.20. The fourth-order valence-corrected chi connectivity index (χ4v) is 0.874. The van der Waals surface area contributed by atoms with Crippen LogP contribution in [-0.2, 0) is 4.74 Å². The molecule has 0 unspecified atom stereocenters. The monoisotopic (exact) mass is 179 g/mol. The summed E-state index contributed by atoms with van der Waals surface area (Å²) in [6.07, 6.45) is 0. The molecule has 0 N–H and O–H groups in total. The molecule has 0 fully saturated rings. The highest BCUT2D eigenvalue weighted by atomic mass is 19.1. The first-order chi connectivity index (χ1) is 6.17. The summed E-state index contributed by atoms with van der Waals surface area (Å²) in [5.41, 5.74) is 0.133. The third-order valence-electron chi connectivity index (χ3n) is 1.43. The molecule has 0 aliphatic rings. The maximum atomic E-state index is 12.8. The van der Waals surface area contributed by atoms with E-state index in [2.05, 4.69) is 9.58 Å². The molecule has 0 aliphatic carbocycles. The number of carbonyl (C=O) groups excluding carboxylic acids is 1. The summed E-state index contributed by atoms with van der Waals surface area (Å²) in [5, 5.41) is 0. The largest absolute Gasteiger partial charge is 0.465 e. The third-order valence-corrected chi connectivity index (χ3v) is 1.43. The van der Waals surface area contributed by atoms with Crippen LogP contribution in [0.25, 0.3) is 4.85 Å². The molecule has 1 aromatic rings. The molecule has 0 aromatic heterocycles. The number of rotatable bonds is 1. The molecule has 0 bridgehead atoms. The molecule has 0 spiro atoms. The van der Waals surface area contributed by atoms with Crippen molar-refractivity contribution in [3.8, 4) is 0 Å². The van der Waals surface area contributed by atoms with Gasteiger partial charge < -0.3 is 4.74 Å². The van der Waals surface area contributed by atoms with E-state index in [0.717, 1.165) is 12.1 Å². The van der Waals surface area contributed by atoms with Crippen molar-refractivity contribution in [2.45, 2.75) is 0 Å². The minimum Gasteiger partial charge on any atom is -0.465 e. The lowest BCUT2D eigenvalue weighted by Gasteiger charge is -1.99. The van der Waals surface area contributed by atoms with Gasteiger partial charge in [-0.05, 0) is 18.2 Å². The van der Waals surface area contributed by atoms with Gasteiger partial charge in [0.15, 0.2) is 5.69 Å². The summed E-state index contributed by atoms with van der Waals surface area (Å²) < 4.78 is 17.1. The van der Waals surface area contributed by atoms with Crippen molar-refractivity contribution < 1.29 is 13.9 Å². The van der Waals surface area contributed by atoms with E-state index in [4.69, 9.17) is 6.57 Å². The summed E-state index contributed by atoms with van der Waals surface area (Å²) in [6, 6.07) is 3.36. The quantitative estimate of drug-likeness (QED) is 0.488. The lowest BCUT2D eigenvalue weighted by atomic mass is 10.2. The number of methoxy groups -OCH3 is 1. The smallest absolute Gasteiger partial charge is 0.336 e. The van der Waals surface area contributed by atoms with E-state index >= 15 is 0 Å². The van der Waals surface area contributed by atoms with Crippen molar-refractivity contribution in [2.24, 2.45) is 0 Å². The van der Waals surface area contributed by atoms with E-state index in [0.29, 0.717) is 0 Å². The highest BCUT2D eigenvalue weighted by Crippen LogP contribution is 2.17. The van der Waals surface area contributed by atoms with E-state index in [9.17, 15) is 9.18 Å². The number of benzene rings is 1. The number of esters is 1. The molecule has 0 saturated heterocycles. The molecule has 1 rings (SSSR count). The average Bonchev–Trinajstić information content (AvgIpc) is 2.15. The molecule has 0 amide bonds. The number of hydrogen-bond acceptors (Lipinski definition) is 2. The van der Waals surface area contributed by atoms with E-state index in [-0.39, 0.29) is 11.3 Å². The van der Waals surface area contributed by atoms with Crippen molar-refractivity contribution in [1.82, 2.24) is 0 Å². The van der Waals surface area contributed by atoms with Crippen molar-refractivity contribution >= 4 is 11.7 Å². The zero-order valence-corrected chi connectivity index (χ0v) is 6.87. The predicted octanol–water partition coefficient (Wildman–Crippen LogP) is 2.16. The van der Waals surface area contributed by atoms with Gasteiger partial charge in [0.1, 0.15) is 5.82 Å². The number of hydrogen-bond donors (Lipinski definition) is 0. The Kier molecular flexibility index (Phi) is 2.60. The van der Waals surface area contributed by atoms with Crippen LogP contribution in [0.5, 0.6) is 0 Å². The Morgan fingerprint density at radius 3 is 2.77 bits per heavy atom. The zero-order chi connectivity index (χ0) is 9.84. The van der Waals surface area contributed by atoms with Gasteiger partial charge in [-0.3, -0.25) is 0 Å². The summed E-state index contributed by atoms with van der Waals surface area (Å²) >= 11 is 0. The van der Waals surface area contributed by atoms with Crippen LogP contribution >= 0.6 is 0 Å². The second kappa shape index (κ2) is 3.68. The van der Waals surface area contributed by atoms with Crippen molar-refractivity contribution in [3.63, 3.8) is 0 Å². The minimum atomic E-state index is -0.649. The van der Waals surface area contributed by atoms with Gasteiger partial charge in [-0.1, -0.05) is 0 Å². The summed E-state index contributed by atoms with van der Waals surface area (Å²) in [5.74, 6) is -1.27.